The highest BCUT2D eigenvalue weighted by atomic mass is 16.1. The summed E-state index contributed by atoms with van der Waals surface area (Å²) in [5, 5.41) is 5.35. The van der Waals surface area contributed by atoms with Gasteiger partial charge in [-0.15, -0.1) is 0 Å². The number of nitrogens with two attached hydrogens (primary N) is 1. The second-order valence-corrected chi connectivity index (χ2v) is 5.35. The summed E-state index contributed by atoms with van der Waals surface area (Å²) in [4.78, 5) is 12.4. The molecule has 0 aliphatic carbocycles. The molecule has 0 spiro atoms. The first-order valence-electron chi connectivity index (χ1n) is 7.30. The van der Waals surface area contributed by atoms with Crippen LogP contribution in [0.5, 0.6) is 0 Å². The number of nitrogen functional groups attached to an aromatic ring is 1. The van der Waals surface area contributed by atoms with Crippen molar-refractivity contribution in [1.29, 1.82) is 0 Å². The molecule has 0 aliphatic heterocycles. The fraction of sp³-hybridized carbons (Fsp3) is 0.105. The van der Waals surface area contributed by atoms with Crippen molar-refractivity contribution in [3.8, 4) is 0 Å². The van der Waals surface area contributed by atoms with Crippen molar-refractivity contribution >= 4 is 22.4 Å². The molecule has 110 valence electrons. The van der Waals surface area contributed by atoms with Crippen LogP contribution in [0.1, 0.15) is 28.9 Å². The van der Waals surface area contributed by atoms with E-state index in [4.69, 9.17) is 5.73 Å². The maximum Gasteiger partial charge on any atom is 0.253 e. The predicted molar refractivity (Wildman–Crippen MR) is 90.7 cm³/mol. The number of anilines is 1. The van der Waals surface area contributed by atoms with Crippen LogP contribution in [-0.2, 0) is 0 Å². The van der Waals surface area contributed by atoms with Gasteiger partial charge in [-0.3, -0.25) is 4.79 Å². The van der Waals surface area contributed by atoms with Crippen LogP contribution in [0.2, 0.25) is 0 Å². The van der Waals surface area contributed by atoms with Crippen LogP contribution in [-0.4, -0.2) is 5.91 Å². The van der Waals surface area contributed by atoms with E-state index in [0.29, 0.717) is 11.3 Å². The van der Waals surface area contributed by atoms with E-state index in [1.807, 2.05) is 43.3 Å². The van der Waals surface area contributed by atoms with E-state index < -0.39 is 0 Å². The molecule has 0 aromatic heterocycles. The third-order valence-corrected chi connectivity index (χ3v) is 3.84. The van der Waals surface area contributed by atoms with E-state index >= 15 is 0 Å². The number of carbonyl (C=O) groups is 1. The third-order valence-electron chi connectivity index (χ3n) is 3.84. The summed E-state index contributed by atoms with van der Waals surface area (Å²) in [7, 11) is 0. The van der Waals surface area contributed by atoms with Crippen molar-refractivity contribution in [3.63, 3.8) is 0 Å². The van der Waals surface area contributed by atoms with Gasteiger partial charge in [-0.25, -0.2) is 0 Å². The monoisotopic (exact) mass is 290 g/mol. The Balaban J connectivity index is 1.89. The lowest BCUT2D eigenvalue weighted by molar-refractivity contribution is 0.0941. The fourth-order valence-corrected chi connectivity index (χ4v) is 2.68. The number of hydrogen-bond donors (Lipinski definition) is 2. The highest BCUT2D eigenvalue weighted by Gasteiger charge is 2.14. The van der Waals surface area contributed by atoms with E-state index in [1.165, 1.54) is 5.39 Å². The summed E-state index contributed by atoms with van der Waals surface area (Å²) in [5.74, 6) is -0.154. The van der Waals surface area contributed by atoms with Gasteiger partial charge in [0.2, 0.25) is 0 Å². The maximum atomic E-state index is 12.4. The number of amides is 1. The molecule has 3 heteroatoms. The molecule has 3 aromatic rings. The molecule has 0 bridgehead atoms. The van der Waals surface area contributed by atoms with Crippen molar-refractivity contribution in [2.45, 2.75) is 13.0 Å². The number of fused-ring (bicyclic) bond motifs is 1. The zero-order valence-electron chi connectivity index (χ0n) is 12.4. The van der Waals surface area contributed by atoms with Crippen LogP contribution < -0.4 is 11.1 Å². The van der Waals surface area contributed by atoms with Crippen molar-refractivity contribution in [1.82, 2.24) is 5.32 Å². The molecule has 1 unspecified atom stereocenters. The van der Waals surface area contributed by atoms with Crippen LogP contribution >= 0.6 is 0 Å². The number of hydrogen-bond acceptors (Lipinski definition) is 2. The first-order valence-corrected chi connectivity index (χ1v) is 7.30. The fourth-order valence-electron chi connectivity index (χ4n) is 2.68. The minimum Gasteiger partial charge on any atom is -0.398 e. The Morgan fingerprint density at radius 1 is 0.955 bits per heavy atom. The molecular formula is C19H18N2O. The molecule has 1 amide bonds. The predicted octanol–water partition coefficient (Wildman–Crippen LogP) is 3.91. The lowest BCUT2D eigenvalue weighted by atomic mass is 9.99. The largest absolute Gasteiger partial charge is 0.398 e. The molecule has 3 rings (SSSR count). The van der Waals surface area contributed by atoms with Crippen molar-refractivity contribution in [2.24, 2.45) is 0 Å². The smallest absolute Gasteiger partial charge is 0.253 e. The number of carbonyl (C=O) groups excluding carboxylic acids is 1. The molecule has 1 atom stereocenters. The first-order chi connectivity index (χ1) is 10.7. The van der Waals surface area contributed by atoms with Gasteiger partial charge in [-0.2, -0.15) is 0 Å². The minimum absolute atomic E-state index is 0.0989. The summed E-state index contributed by atoms with van der Waals surface area (Å²) < 4.78 is 0. The van der Waals surface area contributed by atoms with Gasteiger partial charge in [0.15, 0.2) is 0 Å². The van der Waals surface area contributed by atoms with Crippen molar-refractivity contribution in [3.05, 3.63) is 77.9 Å². The minimum atomic E-state index is -0.154. The summed E-state index contributed by atoms with van der Waals surface area (Å²) in [5.41, 5.74) is 7.96. The molecule has 0 saturated carbocycles. The molecule has 0 heterocycles. The second kappa shape index (κ2) is 5.90. The second-order valence-electron chi connectivity index (χ2n) is 5.35. The van der Waals surface area contributed by atoms with Crippen LogP contribution in [0, 0.1) is 0 Å². The van der Waals surface area contributed by atoms with E-state index in [2.05, 4.69) is 23.5 Å². The van der Waals surface area contributed by atoms with Crippen LogP contribution in [0.15, 0.2) is 66.7 Å². The van der Waals surface area contributed by atoms with Crippen LogP contribution in [0.4, 0.5) is 5.69 Å². The van der Waals surface area contributed by atoms with Gasteiger partial charge in [0.1, 0.15) is 0 Å². The highest BCUT2D eigenvalue weighted by Crippen LogP contribution is 2.24. The SMILES string of the molecule is CC(NC(=O)c1ccccc1N)c1cccc2ccccc12. The standard InChI is InChI=1S/C19H18N2O/c1-13(21-19(22)17-10-4-5-12-18(17)20)15-11-6-8-14-7-2-3-9-16(14)15/h2-13H,20H2,1H3,(H,21,22). The zero-order chi connectivity index (χ0) is 15.5. The Morgan fingerprint density at radius 2 is 1.64 bits per heavy atom. The summed E-state index contributed by atoms with van der Waals surface area (Å²) in [6.45, 7) is 1.98. The number of rotatable bonds is 3. The Bertz CT molecular complexity index is 821. The molecule has 3 aromatic carbocycles. The van der Waals surface area contributed by atoms with Gasteiger partial charge in [0, 0.05) is 5.69 Å². The van der Waals surface area contributed by atoms with Gasteiger partial charge in [-0.1, -0.05) is 54.6 Å². The van der Waals surface area contributed by atoms with Crippen molar-refractivity contribution < 1.29 is 4.79 Å². The Morgan fingerprint density at radius 3 is 2.45 bits per heavy atom. The molecule has 0 radical (unpaired) electrons. The van der Waals surface area contributed by atoms with Gasteiger partial charge in [0.25, 0.3) is 5.91 Å². The Hall–Kier alpha value is -2.81. The summed E-state index contributed by atoms with van der Waals surface area (Å²) >= 11 is 0. The molecular weight excluding hydrogens is 272 g/mol. The maximum absolute atomic E-state index is 12.4. The lowest BCUT2D eigenvalue weighted by Gasteiger charge is -2.17. The number of nitrogens with one attached hydrogen (secondary N) is 1. The van der Waals surface area contributed by atoms with Gasteiger partial charge in [0.05, 0.1) is 11.6 Å². The molecule has 0 saturated heterocycles. The lowest BCUT2D eigenvalue weighted by Crippen LogP contribution is -2.27. The average molecular weight is 290 g/mol. The average Bonchev–Trinajstić information content (AvgIpc) is 2.54. The van der Waals surface area contributed by atoms with E-state index in [9.17, 15) is 4.79 Å². The van der Waals surface area contributed by atoms with Gasteiger partial charge < -0.3 is 11.1 Å². The van der Waals surface area contributed by atoms with Crippen molar-refractivity contribution in [2.75, 3.05) is 5.73 Å². The normalized spacial score (nSPS) is 12.0. The quantitative estimate of drug-likeness (QED) is 0.718. The molecule has 0 fully saturated rings. The topological polar surface area (TPSA) is 55.1 Å². The van der Waals surface area contributed by atoms with Gasteiger partial charge >= 0.3 is 0 Å². The van der Waals surface area contributed by atoms with Crippen LogP contribution in [0.25, 0.3) is 10.8 Å². The number of para-hydroxylation sites is 1. The van der Waals surface area contributed by atoms with Gasteiger partial charge in [-0.05, 0) is 35.4 Å². The number of benzene rings is 3. The first kappa shape index (κ1) is 14.1. The third kappa shape index (κ3) is 2.66. The molecule has 22 heavy (non-hydrogen) atoms. The molecule has 0 aliphatic rings. The highest BCUT2D eigenvalue weighted by molar-refractivity contribution is 5.99. The zero-order valence-corrected chi connectivity index (χ0v) is 12.4. The van der Waals surface area contributed by atoms with Crippen LogP contribution in [0.3, 0.4) is 0 Å². The van der Waals surface area contributed by atoms with E-state index in [1.54, 1.807) is 12.1 Å². The van der Waals surface area contributed by atoms with E-state index in [0.717, 1.165) is 10.9 Å². The summed E-state index contributed by atoms with van der Waals surface area (Å²) in [6.07, 6.45) is 0. The molecule has 3 nitrogen and oxygen atoms in total. The summed E-state index contributed by atoms with van der Waals surface area (Å²) in [6, 6.07) is 21.3. The van der Waals surface area contributed by atoms with E-state index in [-0.39, 0.29) is 11.9 Å². The Labute approximate surface area is 129 Å². The molecule has 3 N–H and O–H groups in total. The Kier molecular flexibility index (Phi) is 3.79.